The lowest BCUT2D eigenvalue weighted by molar-refractivity contribution is -0.114. The SMILES string of the molecule is CC(=O)C=C(C(C)=O)c1ccc(Cl)cc1. The van der Waals surface area contributed by atoms with E-state index >= 15 is 0 Å². The molecule has 1 aromatic rings. The predicted octanol–water partition coefficient (Wildman–Crippen LogP) is 2.90. The highest BCUT2D eigenvalue weighted by Crippen LogP contribution is 2.18. The number of benzene rings is 1. The third-order valence-corrected chi connectivity index (χ3v) is 2.13. The maximum Gasteiger partial charge on any atom is 0.160 e. The van der Waals surface area contributed by atoms with Crippen LogP contribution < -0.4 is 0 Å². The molecular weight excluding hydrogens is 212 g/mol. The molecule has 0 N–H and O–H groups in total. The fraction of sp³-hybridized carbons (Fsp3) is 0.167. The van der Waals surface area contributed by atoms with Crippen LogP contribution >= 0.6 is 11.6 Å². The molecule has 0 aliphatic carbocycles. The molecule has 1 aromatic carbocycles. The lowest BCUT2D eigenvalue weighted by atomic mass is 10.0. The number of hydrogen-bond donors (Lipinski definition) is 0. The Hall–Kier alpha value is -1.41. The van der Waals surface area contributed by atoms with Crippen molar-refractivity contribution in [2.75, 3.05) is 0 Å². The summed E-state index contributed by atoms with van der Waals surface area (Å²) in [7, 11) is 0. The minimum absolute atomic E-state index is 0.132. The normalized spacial score (nSPS) is 11.3. The van der Waals surface area contributed by atoms with Gasteiger partial charge < -0.3 is 0 Å². The molecule has 0 aromatic heterocycles. The second-order valence-electron chi connectivity index (χ2n) is 3.23. The summed E-state index contributed by atoms with van der Waals surface area (Å²) < 4.78 is 0. The second-order valence-corrected chi connectivity index (χ2v) is 3.67. The van der Waals surface area contributed by atoms with E-state index in [4.69, 9.17) is 11.6 Å². The number of rotatable bonds is 3. The summed E-state index contributed by atoms with van der Waals surface area (Å²) in [5, 5.41) is 0.601. The van der Waals surface area contributed by atoms with Crippen LogP contribution in [0.1, 0.15) is 19.4 Å². The van der Waals surface area contributed by atoms with E-state index in [1.165, 1.54) is 19.9 Å². The van der Waals surface area contributed by atoms with Gasteiger partial charge in [0.25, 0.3) is 0 Å². The van der Waals surface area contributed by atoms with Crippen LogP contribution in [0, 0.1) is 0 Å². The van der Waals surface area contributed by atoms with Gasteiger partial charge in [0.15, 0.2) is 11.6 Å². The number of ketones is 2. The second kappa shape index (κ2) is 4.89. The van der Waals surface area contributed by atoms with Gasteiger partial charge in [-0.1, -0.05) is 23.7 Å². The molecule has 3 heteroatoms. The van der Waals surface area contributed by atoms with Crippen LogP contribution in [0.5, 0.6) is 0 Å². The Morgan fingerprint density at radius 1 is 1.13 bits per heavy atom. The van der Waals surface area contributed by atoms with Crippen molar-refractivity contribution in [2.24, 2.45) is 0 Å². The molecule has 0 radical (unpaired) electrons. The molecule has 0 aliphatic rings. The fourth-order valence-electron chi connectivity index (χ4n) is 1.22. The summed E-state index contributed by atoms with van der Waals surface area (Å²) in [6.07, 6.45) is 1.34. The van der Waals surface area contributed by atoms with Crippen molar-refractivity contribution in [1.82, 2.24) is 0 Å². The van der Waals surface area contributed by atoms with E-state index in [9.17, 15) is 9.59 Å². The maximum atomic E-state index is 11.3. The van der Waals surface area contributed by atoms with E-state index in [2.05, 4.69) is 0 Å². The van der Waals surface area contributed by atoms with Gasteiger partial charge in [-0.25, -0.2) is 0 Å². The molecule has 1 rings (SSSR count). The first kappa shape index (κ1) is 11.7. The number of halogens is 1. The molecular formula is C12H11ClO2. The van der Waals surface area contributed by atoms with Crippen LogP contribution in [0.15, 0.2) is 30.3 Å². The van der Waals surface area contributed by atoms with Crippen LogP contribution in [0.3, 0.4) is 0 Å². The first-order valence-electron chi connectivity index (χ1n) is 4.50. The Morgan fingerprint density at radius 2 is 1.67 bits per heavy atom. The van der Waals surface area contributed by atoms with Gasteiger partial charge in [-0.15, -0.1) is 0 Å². The summed E-state index contributed by atoms with van der Waals surface area (Å²) in [6, 6.07) is 6.82. The van der Waals surface area contributed by atoms with Crippen molar-refractivity contribution in [2.45, 2.75) is 13.8 Å². The van der Waals surface area contributed by atoms with Gasteiger partial charge in [0.1, 0.15) is 0 Å². The summed E-state index contributed by atoms with van der Waals surface area (Å²) in [5.74, 6) is -0.275. The first-order chi connectivity index (χ1) is 7.00. The summed E-state index contributed by atoms with van der Waals surface area (Å²) in [6.45, 7) is 2.85. The molecule has 0 fully saturated rings. The molecule has 0 saturated carbocycles. The van der Waals surface area contributed by atoms with Crippen LogP contribution in [0.4, 0.5) is 0 Å². The highest BCUT2D eigenvalue weighted by Gasteiger charge is 2.07. The predicted molar refractivity (Wildman–Crippen MR) is 60.8 cm³/mol. The van der Waals surface area contributed by atoms with Gasteiger partial charge in [0.2, 0.25) is 0 Å². The molecule has 0 spiro atoms. The Morgan fingerprint density at radius 3 is 2.07 bits per heavy atom. The molecule has 78 valence electrons. The molecule has 0 aliphatic heterocycles. The van der Waals surface area contributed by atoms with E-state index in [0.717, 1.165) is 0 Å². The zero-order valence-electron chi connectivity index (χ0n) is 8.58. The highest BCUT2D eigenvalue weighted by molar-refractivity contribution is 6.30. The molecule has 0 amide bonds. The quantitative estimate of drug-likeness (QED) is 0.737. The average Bonchev–Trinajstić information content (AvgIpc) is 2.15. The number of hydrogen-bond acceptors (Lipinski definition) is 2. The average molecular weight is 223 g/mol. The van der Waals surface area contributed by atoms with Gasteiger partial charge in [-0.3, -0.25) is 9.59 Å². The monoisotopic (exact) mass is 222 g/mol. The van der Waals surface area contributed by atoms with Crippen LogP contribution in [0.2, 0.25) is 5.02 Å². The lowest BCUT2D eigenvalue weighted by Crippen LogP contribution is -1.98. The van der Waals surface area contributed by atoms with Gasteiger partial charge in [-0.05, 0) is 37.6 Å². The number of allylic oxidation sites excluding steroid dienone is 2. The Balaban J connectivity index is 3.16. The Labute approximate surface area is 93.6 Å². The topological polar surface area (TPSA) is 34.1 Å². The van der Waals surface area contributed by atoms with Crippen molar-refractivity contribution < 1.29 is 9.59 Å². The lowest BCUT2D eigenvalue weighted by Gasteiger charge is -2.02. The van der Waals surface area contributed by atoms with Crippen LogP contribution in [0.25, 0.3) is 5.57 Å². The van der Waals surface area contributed by atoms with Gasteiger partial charge in [0, 0.05) is 10.6 Å². The zero-order valence-corrected chi connectivity index (χ0v) is 9.34. The van der Waals surface area contributed by atoms with Crippen LogP contribution in [-0.4, -0.2) is 11.6 Å². The standard InChI is InChI=1S/C12H11ClO2/c1-8(14)7-12(9(2)15)10-3-5-11(13)6-4-10/h3-7H,1-2H3. The van der Waals surface area contributed by atoms with E-state index in [1.807, 2.05) is 0 Å². The third-order valence-electron chi connectivity index (χ3n) is 1.88. The van der Waals surface area contributed by atoms with Crippen molar-refractivity contribution in [3.05, 3.63) is 40.9 Å². The Bertz CT molecular complexity index is 416. The van der Waals surface area contributed by atoms with Gasteiger partial charge in [-0.2, -0.15) is 0 Å². The van der Waals surface area contributed by atoms with Crippen LogP contribution in [-0.2, 0) is 9.59 Å². The van der Waals surface area contributed by atoms with E-state index in [0.29, 0.717) is 16.2 Å². The highest BCUT2D eigenvalue weighted by atomic mass is 35.5. The number of Topliss-reactive ketones (excluding diaryl/α,β-unsaturated/α-hetero) is 1. The summed E-state index contributed by atoms with van der Waals surface area (Å²) in [5.41, 5.74) is 1.13. The summed E-state index contributed by atoms with van der Waals surface area (Å²) >= 11 is 5.73. The first-order valence-corrected chi connectivity index (χ1v) is 4.87. The molecule has 0 heterocycles. The molecule has 2 nitrogen and oxygen atoms in total. The van der Waals surface area contributed by atoms with Crippen molar-refractivity contribution in [3.8, 4) is 0 Å². The fourth-order valence-corrected chi connectivity index (χ4v) is 1.35. The van der Waals surface area contributed by atoms with Crippen molar-refractivity contribution in [3.63, 3.8) is 0 Å². The Kier molecular flexibility index (Phi) is 3.81. The van der Waals surface area contributed by atoms with Crippen molar-refractivity contribution in [1.29, 1.82) is 0 Å². The van der Waals surface area contributed by atoms with Gasteiger partial charge in [0.05, 0.1) is 0 Å². The minimum atomic E-state index is -0.143. The molecule has 0 atom stereocenters. The number of carbonyl (C=O) groups excluding carboxylic acids is 2. The van der Waals surface area contributed by atoms with Gasteiger partial charge >= 0.3 is 0 Å². The summed E-state index contributed by atoms with van der Waals surface area (Å²) in [4.78, 5) is 22.3. The molecule has 15 heavy (non-hydrogen) atoms. The van der Waals surface area contributed by atoms with E-state index < -0.39 is 0 Å². The van der Waals surface area contributed by atoms with Crippen molar-refractivity contribution >= 4 is 28.7 Å². The smallest absolute Gasteiger partial charge is 0.160 e. The van der Waals surface area contributed by atoms with E-state index in [-0.39, 0.29) is 11.6 Å². The maximum absolute atomic E-state index is 11.3. The largest absolute Gasteiger partial charge is 0.295 e. The zero-order chi connectivity index (χ0) is 11.4. The minimum Gasteiger partial charge on any atom is -0.295 e. The molecule has 0 unspecified atom stereocenters. The molecule has 0 bridgehead atoms. The third kappa shape index (κ3) is 3.33. The molecule has 0 saturated heterocycles. The van der Waals surface area contributed by atoms with E-state index in [1.54, 1.807) is 24.3 Å². The number of carbonyl (C=O) groups is 2.